The van der Waals surface area contributed by atoms with Gasteiger partial charge in [-0.15, -0.1) is 0 Å². The second-order valence-corrected chi connectivity index (χ2v) is 19.8. The van der Waals surface area contributed by atoms with E-state index < -0.39 is 35.8 Å². The van der Waals surface area contributed by atoms with Gasteiger partial charge in [-0.05, 0) is 13.8 Å². The van der Waals surface area contributed by atoms with E-state index in [-0.39, 0.29) is 191 Å². The number of hydrogen-bond donors (Lipinski definition) is 5. The molecule has 0 aliphatic heterocycles. The van der Waals surface area contributed by atoms with Crippen molar-refractivity contribution >= 4 is 71.0 Å². The van der Waals surface area contributed by atoms with Crippen molar-refractivity contribution in [2.45, 2.75) is 90.9 Å². The van der Waals surface area contributed by atoms with Gasteiger partial charge in [-0.2, -0.15) is 0 Å². The molecule has 4 amide bonds. The Labute approximate surface area is 495 Å². The fourth-order valence-corrected chi connectivity index (χ4v) is 7.98. The van der Waals surface area contributed by atoms with Crippen molar-refractivity contribution in [3.63, 3.8) is 0 Å². The fourth-order valence-electron chi connectivity index (χ4n) is 7.98. The third-order valence-corrected chi connectivity index (χ3v) is 13.2. The molecule has 0 radical (unpaired) electrons. The maximum Gasteiger partial charge on any atom is 0.306 e. The summed E-state index contributed by atoms with van der Waals surface area (Å²) in [6, 6.07) is 0. The van der Waals surface area contributed by atoms with Crippen LogP contribution in [0.4, 0.5) is 0 Å². The summed E-state index contributed by atoms with van der Waals surface area (Å²) in [6.07, 6.45) is 1.15. The number of carbonyl (C=O) groups excluding carboxylic acids is 12. The van der Waals surface area contributed by atoms with Crippen LogP contribution in [0.2, 0.25) is 0 Å². The number of ether oxygens (including phenoxy) is 6. The van der Waals surface area contributed by atoms with Crippen molar-refractivity contribution < 1.29 is 86.0 Å². The van der Waals surface area contributed by atoms with E-state index >= 15 is 0 Å². The van der Waals surface area contributed by atoms with E-state index in [1.807, 2.05) is 29.4 Å². The normalized spacial score (nSPS) is 11.2. The van der Waals surface area contributed by atoms with Gasteiger partial charge in [0.25, 0.3) is 0 Å². The van der Waals surface area contributed by atoms with Crippen LogP contribution in [-0.4, -0.2) is 294 Å². The van der Waals surface area contributed by atoms with Crippen molar-refractivity contribution in [2.75, 3.05) is 193 Å². The van der Waals surface area contributed by atoms with Gasteiger partial charge in [0.2, 0.25) is 23.6 Å². The molecule has 0 unspecified atom stereocenters. The number of ketones is 2. The summed E-state index contributed by atoms with van der Waals surface area (Å²) >= 11 is 0. The minimum absolute atomic E-state index is 0.00850. The molecule has 0 heterocycles. The first kappa shape index (κ1) is 77.8. The number of esters is 6. The lowest BCUT2D eigenvalue weighted by atomic mass is 10.2. The SMILES string of the molecule is COC(=O)CCN(CCNC(=O)CCN(CCC(=O)NCCNCCN(CCC(C)=O)CCC(C)=O)CN(CCC(=O)NCCN(CCC(=O)OC)CCC(=O)OC)CCC(=O)NCCN(CCC(=O)OC)CCC(=O)OC)CCC(=O)OC. The maximum absolute atomic E-state index is 13.4. The van der Waals surface area contributed by atoms with Crippen LogP contribution in [0.3, 0.4) is 0 Å². The summed E-state index contributed by atoms with van der Waals surface area (Å²) in [5, 5.41) is 14.9. The Balaban J connectivity index is 6.39. The summed E-state index contributed by atoms with van der Waals surface area (Å²) in [6.45, 7) is 9.93. The Bertz CT molecular complexity index is 1840. The molecule has 0 aliphatic carbocycles. The molecule has 0 aromatic rings. The van der Waals surface area contributed by atoms with Gasteiger partial charge in [0.1, 0.15) is 11.6 Å². The first-order chi connectivity index (χ1) is 40.2. The third-order valence-electron chi connectivity index (χ3n) is 13.2. The van der Waals surface area contributed by atoms with Crippen LogP contribution < -0.4 is 26.6 Å². The number of rotatable bonds is 53. The lowest BCUT2D eigenvalue weighted by Crippen LogP contribution is -2.45. The van der Waals surface area contributed by atoms with Crippen LogP contribution in [0, 0.1) is 0 Å². The van der Waals surface area contributed by atoms with Crippen molar-refractivity contribution in [2.24, 2.45) is 0 Å². The smallest absolute Gasteiger partial charge is 0.306 e. The van der Waals surface area contributed by atoms with E-state index in [1.165, 1.54) is 56.5 Å². The molecule has 0 bridgehead atoms. The molecule has 0 saturated carbocycles. The van der Waals surface area contributed by atoms with Crippen molar-refractivity contribution in [3.8, 4) is 0 Å². The Kier molecular flexibility index (Phi) is 46.4. The van der Waals surface area contributed by atoms with Gasteiger partial charge < -0.3 is 74.6 Å². The second-order valence-electron chi connectivity index (χ2n) is 19.8. The van der Waals surface area contributed by atoms with Crippen molar-refractivity contribution in [1.29, 1.82) is 0 Å². The highest BCUT2D eigenvalue weighted by Crippen LogP contribution is 2.06. The zero-order valence-corrected chi connectivity index (χ0v) is 51.3. The summed E-state index contributed by atoms with van der Waals surface area (Å²) < 4.78 is 28.6. The molecule has 0 aromatic heterocycles. The van der Waals surface area contributed by atoms with Crippen LogP contribution in [0.5, 0.6) is 0 Å². The number of methoxy groups -OCH3 is 6. The molecular weight excluding hydrogens is 1100 g/mol. The number of Topliss-reactive ketones (excluding diaryl/α,β-unsaturated/α-hetero) is 2. The summed E-state index contributed by atoms with van der Waals surface area (Å²) in [4.78, 5) is 160. The predicted molar refractivity (Wildman–Crippen MR) is 308 cm³/mol. The average Bonchev–Trinajstić information content (AvgIpc) is 3.50. The second kappa shape index (κ2) is 50.1. The molecule has 0 atom stereocenters. The van der Waals surface area contributed by atoms with Gasteiger partial charge in [0.05, 0.1) is 87.9 Å². The molecule has 0 spiro atoms. The number of carbonyl (C=O) groups is 12. The lowest BCUT2D eigenvalue weighted by molar-refractivity contribution is -0.142. The molecule has 0 aliphatic rings. The highest BCUT2D eigenvalue weighted by molar-refractivity contribution is 5.78. The summed E-state index contributed by atoms with van der Waals surface area (Å²) in [5.41, 5.74) is 0. The number of hydrogen-bond acceptors (Lipinski definition) is 25. The number of nitrogens with zero attached hydrogens (tertiary/aromatic N) is 6. The standard InChI is InChI=1S/C55H99N11O18/c1-44(67)9-27-61(28-10-45(2)68)39-23-56-21-22-57-46(69)11-29-65(30-12-47(70)58-24-40-62(33-15-50(73)79-3)34-16-51(74)80-4)43-66(31-13-48(71)59-25-41-63(35-17-52(75)81-5)36-18-53(76)82-6)32-14-49(72)60-26-42-64(37-19-54(77)83-7)38-20-55(78)84-8/h56H,9-43H2,1-8H3,(H,57,69)(H,58,70)(H,59,71)(H,60,72). The molecule has 0 fully saturated rings. The Hall–Kier alpha value is -6.24. The molecule has 0 rings (SSSR count). The lowest BCUT2D eigenvalue weighted by Gasteiger charge is -2.30. The van der Waals surface area contributed by atoms with Crippen molar-refractivity contribution in [3.05, 3.63) is 0 Å². The molecule has 0 saturated heterocycles. The number of nitrogens with one attached hydrogen (secondary N) is 5. The first-order valence-corrected chi connectivity index (χ1v) is 28.7. The zero-order valence-electron chi connectivity index (χ0n) is 51.3. The molecule has 0 aromatic carbocycles. The maximum atomic E-state index is 13.4. The van der Waals surface area contributed by atoms with Gasteiger partial charge in [-0.25, -0.2) is 0 Å². The van der Waals surface area contributed by atoms with E-state index in [2.05, 4.69) is 26.6 Å². The minimum Gasteiger partial charge on any atom is -0.469 e. The monoisotopic (exact) mass is 1200 g/mol. The zero-order chi connectivity index (χ0) is 62.9. The number of amides is 4. The van der Waals surface area contributed by atoms with Crippen LogP contribution in [0.25, 0.3) is 0 Å². The van der Waals surface area contributed by atoms with E-state index in [9.17, 15) is 57.5 Å². The molecular formula is C55H99N11O18. The van der Waals surface area contributed by atoms with Gasteiger partial charge in [-0.3, -0.25) is 67.3 Å². The molecule has 29 nitrogen and oxygen atoms in total. The molecule has 29 heteroatoms. The Morgan fingerprint density at radius 1 is 0.250 bits per heavy atom. The van der Waals surface area contributed by atoms with Gasteiger partial charge in [-0.1, -0.05) is 0 Å². The molecule has 482 valence electrons. The molecule has 84 heavy (non-hydrogen) atoms. The van der Waals surface area contributed by atoms with Crippen LogP contribution in [-0.2, 0) is 86.0 Å². The molecule has 5 N–H and O–H groups in total. The quantitative estimate of drug-likeness (QED) is 0.0185. The van der Waals surface area contributed by atoms with Gasteiger partial charge in [0, 0.05) is 183 Å². The summed E-state index contributed by atoms with van der Waals surface area (Å²) in [5.74, 6) is -3.70. The van der Waals surface area contributed by atoms with Crippen LogP contribution in [0.15, 0.2) is 0 Å². The predicted octanol–water partition coefficient (Wildman–Crippen LogP) is -2.29. The Morgan fingerprint density at radius 2 is 0.464 bits per heavy atom. The van der Waals surface area contributed by atoms with E-state index in [4.69, 9.17) is 28.4 Å². The van der Waals surface area contributed by atoms with Gasteiger partial charge >= 0.3 is 35.8 Å². The van der Waals surface area contributed by atoms with Crippen molar-refractivity contribution in [1.82, 2.24) is 56.0 Å². The Morgan fingerprint density at radius 3 is 0.702 bits per heavy atom. The van der Waals surface area contributed by atoms with Crippen LogP contribution in [0.1, 0.15) is 90.9 Å². The topological polar surface area (TPSA) is 340 Å². The highest BCUT2D eigenvalue weighted by Gasteiger charge is 2.20. The van der Waals surface area contributed by atoms with E-state index in [1.54, 1.807) is 0 Å². The van der Waals surface area contributed by atoms with E-state index in [0.717, 1.165) is 0 Å². The summed E-state index contributed by atoms with van der Waals surface area (Å²) in [7, 11) is 7.66. The minimum atomic E-state index is -0.432. The highest BCUT2D eigenvalue weighted by atomic mass is 16.5. The fraction of sp³-hybridized carbons (Fsp3) is 0.782. The van der Waals surface area contributed by atoms with E-state index in [0.29, 0.717) is 71.7 Å². The van der Waals surface area contributed by atoms with Crippen LogP contribution >= 0.6 is 0 Å². The van der Waals surface area contributed by atoms with Gasteiger partial charge in [0.15, 0.2) is 0 Å². The largest absolute Gasteiger partial charge is 0.469 e. The first-order valence-electron chi connectivity index (χ1n) is 28.7. The third kappa shape index (κ3) is 45.2. The average molecular weight is 1200 g/mol.